The summed E-state index contributed by atoms with van der Waals surface area (Å²) >= 11 is 6.04. The van der Waals surface area contributed by atoms with E-state index in [-0.39, 0.29) is 29.5 Å². The molecule has 1 aliphatic heterocycles. The maximum Gasteiger partial charge on any atom is 0.227 e. The fourth-order valence-corrected chi connectivity index (χ4v) is 4.19. The normalized spacial score (nSPS) is 22.9. The summed E-state index contributed by atoms with van der Waals surface area (Å²) in [4.78, 5) is 16.3. The van der Waals surface area contributed by atoms with Crippen LogP contribution in [0.3, 0.4) is 0 Å². The van der Waals surface area contributed by atoms with Gasteiger partial charge in [-0.25, -0.2) is 4.39 Å². The van der Waals surface area contributed by atoms with Crippen LogP contribution in [0.2, 0.25) is 5.02 Å². The molecule has 0 aromatic heterocycles. The molecule has 1 amide bonds. The number of hydrogen-bond donors (Lipinski definition) is 1. The Morgan fingerprint density at radius 2 is 1.96 bits per heavy atom. The highest BCUT2D eigenvalue weighted by Gasteiger charge is 2.46. The summed E-state index contributed by atoms with van der Waals surface area (Å²) in [5.41, 5.74) is 0.658. The SMILES string of the molecule is CN(C)[C@]1(c2ccccc2)CCN(C(=O)Cc2c(F)cccc2Cl)C[C@H]1O. The Morgan fingerprint density at radius 1 is 1.26 bits per heavy atom. The van der Waals surface area contributed by atoms with E-state index in [0.717, 1.165) is 5.56 Å². The highest BCUT2D eigenvalue weighted by atomic mass is 35.5. The molecule has 6 heteroatoms. The summed E-state index contributed by atoms with van der Waals surface area (Å²) in [6.45, 7) is 0.674. The lowest BCUT2D eigenvalue weighted by Gasteiger charge is -2.49. The maximum atomic E-state index is 14.0. The number of aliphatic hydroxyl groups excluding tert-OH is 1. The van der Waals surface area contributed by atoms with E-state index >= 15 is 0 Å². The van der Waals surface area contributed by atoms with Gasteiger partial charge in [-0.1, -0.05) is 48.0 Å². The van der Waals surface area contributed by atoms with Crippen LogP contribution < -0.4 is 0 Å². The summed E-state index contributed by atoms with van der Waals surface area (Å²) in [6, 6.07) is 14.2. The highest BCUT2D eigenvalue weighted by molar-refractivity contribution is 6.31. The van der Waals surface area contributed by atoms with Crippen LogP contribution in [0, 0.1) is 5.82 Å². The molecular weight excluding hydrogens is 367 g/mol. The molecule has 3 rings (SSSR count). The highest BCUT2D eigenvalue weighted by Crippen LogP contribution is 2.37. The number of β-amino-alcohol motifs (C(OH)–C–C–N with tert-alkyl or cyclic N) is 1. The van der Waals surface area contributed by atoms with Crippen LogP contribution >= 0.6 is 11.6 Å². The van der Waals surface area contributed by atoms with Crippen molar-refractivity contribution in [1.29, 1.82) is 0 Å². The standard InChI is InChI=1S/C21H24ClFN2O2/c1-24(2)21(15-7-4-3-5-8-15)11-12-25(14-19(21)26)20(27)13-16-17(22)9-6-10-18(16)23/h3-10,19,26H,11-14H2,1-2H3/t19-,21+/m1/s1. The number of piperidine rings is 1. The zero-order chi connectivity index (χ0) is 19.6. The largest absolute Gasteiger partial charge is 0.389 e. The van der Waals surface area contributed by atoms with Gasteiger partial charge in [0.15, 0.2) is 0 Å². The molecule has 1 aliphatic rings. The molecule has 4 nitrogen and oxygen atoms in total. The van der Waals surface area contributed by atoms with Crippen molar-refractivity contribution in [2.75, 3.05) is 27.2 Å². The van der Waals surface area contributed by atoms with Gasteiger partial charge in [-0.05, 0) is 38.2 Å². The molecule has 0 bridgehead atoms. The number of hydrogen-bond acceptors (Lipinski definition) is 3. The lowest BCUT2D eigenvalue weighted by Crippen LogP contribution is -2.61. The van der Waals surface area contributed by atoms with E-state index in [4.69, 9.17) is 11.6 Å². The van der Waals surface area contributed by atoms with E-state index < -0.39 is 17.5 Å². The molecule has 2 atom stereocenters. The van der Waals surface area contributed by atoms with Gasteiger partial charge in [0.25, 0.3) is 0 Å². The Morgan fingerprint density at radius 3 is 2.56 bits per heavy atom. The molecule has 1 N–H and O–H groups in total. The van der Waals surface area contributed by atoms with Crippen LogP contribution in [-0.2, 0) is 16.8 Å². The number of rotatable bonds is 4. The zero-order valence-electron chi connectivity index (χ0n) is 15.5. The van der Waals surface area contributed by atoms with Gasteiger partial charge in [0.05, 0.1) is 18.1 Å². The molecule has 0 spiro atoms. The Kier molecular flexibility index (Phi) is 5.84. The van der Waals surface area contributed by atoms with Crippen molar-refractivity contribution in [2.45, 2.75) is 24.5 Å². The third kappa shape index (κ3) is 3.72. The minimum atomic E-state index is -0.760. The lowest BCUT2D eigenvalue weighted by molar-refractivity contribution is -0.140. The monoisotopic (exact) mass is 390 g/mol. The number of carbonyl (C=O) groups excluding carboxylic acids is 1. The second-order valence-electron chi connectivity index (χ2n) is 7.17. The summed E-state index contributed by atoms with van der Waals surface area (Å²) in [5, 5.41) is 11.2. The number of halogens is 2. The third-order valence-electron chi connectivity index (χ3n) is 5.52. The summed E-state index contributed by atoms with van der Waals surface area (Å²) in [6.07, 6.45) is -0.288. The molecule has 0 unspecified atom stereocenters. The number of carbonyl (C=O) groups is 1. The number of benzene rings is 2. The van der Waals surface area contributed by atoms with Crippen molar-refractivity contribution >= 4 is 17.5 Å². The predicted octanol–water partition coefficient (Wildman–Crippen LogP) is 3.07. The van der Waals surface area contributed by atoms with Crippen LogP contribution in [0.5, 0.6) is 0 Å². The van der Waals surface area contributed by atoms with E-state index in [1.54, 1.807) is 11.0 Å². The first kappa shape index (κ1) is 19.8. The second kappa shape index (κ2) is 7.97. The molecule has 0 aliphatic carbocycles. The average Bonchev–Trinajstić information content (AvgIpc) is 2.65. The van der Waals surface area contributed by atoms with Gasteiger partial charge in [0, 0.05) is 23.7 Å². The number of nitrogens with zero attached hydrogens (tertiary/aromatic N) is 2. The van der Waals surface area contributed by atoms with Crippen molar-refractivity contribution in [1.82, 2.24) is 9.80 Å². The van der Waals surface area contributed by atoms with Gasteiger partial charge in [-0.3, -0.25) is 9.69 Å². The van der Waals surface area contributed by atoms with E-state index in [1.807, 2.05) is 49.3 Å². The van der Waals surface area contributed by atoms with Gasteiger partial charge in [0.1, 0.15) is 5.82 Å². The van der Waals surface area contributed by atoms with Crippen molar-refractivity contribution in [3.05, 3.63) is 70.5 Å². The van der Waals surface area contributed by atoms with E-state index in [9.17, 15) is 14.3 Å². The molecule has 1 saturated heterocycles. The summed E-state index contributed by atoms with van der Waals surface area (Å²) in [7, 11) is 3.87. The minimum Gasteiger partial charge on any atom is -0.389 e. The van der Waals surface area contributed by atoms with Crippen molar-refractivity contribution < 1.29 is 14.3 Å². The van der Waals surface area contributed by atoms with Crippen molar-refractivity contribution in [3.8, 4) is 0 Å². The topological polar surface area (TPSA) is 43.8 Å². The van der Waals surface area contributed by atoms with Gasteiger partial charge in [0.2, 0.25) is 5.91 Å². The molecule has 27 heavy (non-hydrogen) atoms. The molecule has 0 radical (unpaired) electrons. The van der Waals surface area contributed by atoms with E-state index in [2.05, 4.69) is 0 Å². The number of amides is 1. The van der Waals surface area contributed by atoms with Crippen molar-refractivity contribution in [2.24, 2.45) is 0 Å². The van der Waals surface area contributed by atoms with Crippen LogP contribution in [0.25, 0.3) is 0 Å². The molecule has 1 heterocycles. The lowest BCUT2D eigenvalue weighted by atomic mass is 9.77. The molecule has 2 aromatic rings. The van der Waals surface area contributed by atoms with Crippen LogP contribution in [0.1, 0.15) is 17.5 Å². The molecular formula is C21H24ClFN2O2. The van der Waals surface area contributed by atoms with E-state index in [0.29, 0.717) is 13.0 Å². The van der Waals surface area contributed by atoms with Gasteiger partial charge in [-0.2, -0.15) is 0 Å². The van der Waals surface area contributed by atoms with Gasteiger partial charge >= 0.3 is 0 Å². The Hall–Kier alpha value is -1.95. The first-order chi connectivity index (χ1) is 12.9. The maximum absolute atomic E-state index is 14.0. The average molecular weight is 391 g/mol. The Bertz CT molecular complexity index is 795. The Balaban J connectivity index is 1.79. The van der Waals surface area contributed by atoms with E-state index in [1.165, 1.54) is 12.1 Å². The van der Waals surface area contributed by atoms with Gasteiger partial charge in [-0.15, -0.1) is 0 Å². The molecule has 144 valence electrons. The fourth-order valence-electron chi connectivity index (χ4n) is 3.96. The zero-order valence-corrected chi connectivity index (χ0v) is 16.3. The molecule has 2 aromatic carbocycles. The van der Waals surface area contributed by atoms with Crippen LogP contribution in [-0.4, -0.2) is 54.1 Å². The second-order valence-corrected chi connectivity index (χ2v) is 7.57. The first-order valence-electron chi connectivity index (χ1n) is 8.98. The number of likely N-dealkylation sites (N-methyl/N-ethyl adjacent to an activating group) is 1. The first-order valence-corrected chi connectivity index (χ1v) is 9.35. The number of likely N-dealkylation sites (tertiary alicyclic amines) is 1. The van der Waals surface area contributed by atoms with Gasteiger partial charge < -0.3 is 10.0 Å². The van der Waals surface area contributed by atoms with Crippen LogP contribution in [0.4, 0.5) is 4.39 Å². The fraction of sp³-hybridized carbons (Fsp3) is 0.381. The summed E-state index contributed by atoms with van der Waals surface area (Å²) in [5.74, 6) is -0.721. The van der Waals surface area contributed by atoms with Crippen LogP contribution in [0.15, 0.2) is 48.5 Å². The Labute approximate surface area is 164 Å². The van der Waals surface area contributed by atoms with Crippen molar-refractivity contribution in [3.63, 3.8) is 0 Å². The predicted molar refractivity (Wildman–Crippen MR) is 104 cm³/mol. The summed E-state index contributed by atoms with van der Waals surface area (Å²) < 4.78 is 14.0. The smallest absolute Gasteiger partial charge is 0.227 e. The molecule has 1 fully saturated rings. The third-order valence-corrected chi connectivity index (χ3v) is 5.88. The quantitative estimate of drug-likeness (QED) is 0.872. The molecule has 0 saturated carbocycles. The number of aliphatic hydroxyl groups is 1. The minimum absolute atomic E-state index is 0.113.